The van der Waals surface area contributed by atoms with E-state index in [0.717, 1.165) is 24.0 Å². The summed E-state index contributed by atoms with van der Waals surface area (Å²) in [6.07, 6.45) is 5.08. The number of ketones is 1. The van der Waals surface area contributed by atoms with Crippen LogP contribution in [0.4, 0.5) is 0 Å². The second kappa shape index (κ2) is 13.2. The topological polar surface area (TPSA) is 115 Å². The van der Waals surface area contributed by atoms with Gasteiger partial charge >= 0.3 is 0 Å². The standard InChI is InChI=1S/C33H46O8/c1-9-33(5,37)19-23-26(39-7)18-28-29(30(23)35)24(34)17-27(41-28)21-14-15-25(38-6)31(40-8)22(21)13-12-20(2)11-10-16-32(3,4)36/h12,14-15,18,27,35-37H,9-11,13,16-17,19H2,1-8H3/b20-12+. The van der Waals surface area contributed by atoms with Crippen LogP contribution in [-0.4, -0.2) is 53.6 Å². The summed E-state index contributed by atoms with van der Waals surface area (Å²) < 4.78 is 23.3. The van der Waals surface area contributed by atoms with E-state index >= 15 is 0 Å². The molecular weight excluding hydrogens is 524 g/mol. The van der Waals surface area contributed by atoms with E-state index < -0.39 is 17.3 Å². The normalized spacial score (nSPS) is 17.0. The number of phenols is 1. The molecule has 2 aromatic rings. The monoisotopic (exact) mass is 570 g/mol. The molecule has 0 aromatic heterocycles. The number of carbonyl (C=O) groups is 1. The first-order chi connectivity index (χ1) is 19.2. The number of Topliss-reactive ketones (excluding diaryl/α,β-unsaturated/α-hetero) is 1. The molecule has 3 N–H and O–H groups in total. The largest absolute Gasteiger partial charge is 0.507 e. The van der Waals surface area contributed by atoms with Gasteiger partial charge in [-0.1, -0.05) is 24.6 Å². The van der Waals surface area contributed by atoms with Crippen molar-refractivity contribution in [3.8, 4) is 28.7 Å². The molecular formula is C33H46O8. The minimum absolute atomic E-state index is 0.0211. The first-order valence-corrected chi connectivity index (χ1v) is 14.2. The SMILES string of the molecule is CCC(C)(O)Cc1c(OC)cc2c(c1O)C(=O)CC(c1ccc(OC)c(OC)c1C/C=C(\C)CCCC(C)(C)O)O2. The molecule has 0 saturated carbocycles. The van der Waals surface area contributed by atoms with Crippen molar-refractivity contribution in [2.45, 2.75) is 96.9 Å². The predicted octanol–water partition coefficient (Wildman–Crippen LogP) is 6.26. The van der Waals surface area contributed by atoms with E-state index in [1.54, 1.807) is 33.3 Å². The van der Waals surface area contributed by atoms with Crippen LogP contribution in [0.2, 0.25) is 0 Å². The lowest BCUT2D eigenvalue weighted by Gasteiger charge is -2.30. The number of rotatable bonds is 13. The molecule has 2 atom stereocenters. The average molecular weight is 571 g/mol. The van der Waals surface area contributed by atoms with Crippen LogP contribution in [-0.2, 0) is 12.8 Å². The Bertz CT molecular complexity index is 1270. The van der Waals surface area contributed by atoms with E-state index in [1.807, 2.05) is 26.8 Å². The number of hydrogen-bond donors (Lipinski definition) is 3. The lowest BCUT2D eigenvalue weighted by molar-refractivity contribution is 0.0548. The zero-order valence-corrected chi connectivity index (χ0v) is 25.7. The van der Waals surface area contributed by atoms with Gasteiger partial charge in [0.1, 0.15) is 28.9 Å². The van der Waals surface area contributed by atoms with Crippen molar-refractivity contribution in [1.29, 1.82) is 0 Å². The van der Waals surface area contributed by atoms with Crippen molar-refractivity contribution in [2.24, 2.45) is 0 Å². The van der Waals surface area contributed by atoms with E-state index in [4.69, 9.17) is 18.9 Å². The quantitative estimate of drug-likeness (QED) is 0.242. The predicted molar refractivity (Wildman–Crippen MR) is 159 cm³/mol. The molecule has 0 saturated heterocycles. The van der Waals surface area contributed by atoms with Gasteiger partial charge in [-0.25, -0.2) is 0 Å². The van der Waals surface area contributed by atoms with Crippen LogP contribution < -0.4 is 18.9 Å². The van der Waals surface area contributed by atoms with Crippen LogP contribution in [0.1, 0.15) is 99.9 Å². The van der Waals surface area contributed by atoms with Gasteiger partial charge in [-0.15, -0.1) is 0 Å². The molecule has 1 heterocycles. The number of aromatic hydroxyl groups is 1. The van der Waals surface area contributed by atoms with Gasteiger partial charge in [0.25, 0.3) is 0 Å². The number of phenolic OH excluding ortho intramolecular Hbond substituents is 1. The van der Waals surface area contributed by atoms with E-state index in [1.165, 1.54) is 12.7 Å². The fourth-order valence-corrected chi connectivity index (χ4v) is 5.22. The van der Waals surface area contributed by atoms with Crippen LogP contribution in [0.25, 0.3) is 0 Å². The van der Waals surface area contributed by atoms with E-state index in [2.05, 4.69) is 13.0 Å². The molecule has 2 unspecified atom stereocenters. The van der Waals surface area contributed by atoms with Gasteiger partial charge < -0.3 is 34.3 Å². The highest BCUT2D eigenvalue weighted by atomic mass is 16.5. The lowest BCUT2D eigenvalue weighted by Crippen LogP contribution is -2.27. The van der Waals surface area contributed by atoms with Crippen molar-refractivity contribution >= 4 is 5.78 Å². The number of hydrogen-bond acceptors (Lipinski definition) is 8. The minimum atomic E-state index is -1.07. The fraction of sp³-hybridized carbons (Fsp3) is 0.545. The Morgan fingerprint density at radius 3 is 2.34 bits per heavy atom. The van der Waals surface area contributed by atoms with E-state index in [9.17, 15) is 20.1 Å². The molecule has 0 amide bonds. The van der Waals surface area contributed by atoms with Crippen molar-refractivity contribution in [2.75, 3.05) is 21.3 Å². The Labute approximate surface area is 243 Å². The van der Waals surface area contributed by atoms with Crippen molar-refractivity contribution in [3.63, 3.8) is 0 Å². The third-order valence-electron chi connectivity index (χ3n) is 7.83. The molecule has 1 aliphatic rings. The third kappa shape index (κ3) is 7.74. The summed E-state index contributed by atoms with van der Waals surface area (Å²) in [7, 11) is 4.65. The Morgan fingerprint density at radius 1 is 1.07 bits per heavy atom. The molecule has 0 aliphatic carbocycles. The maximum atomic E-state index is 13.5. The molecule has 0 radical (unpaired) electrons. The maximum Gasteiger partial charge on any atom is 0.174 e. The Kier molecular flexibility index (Phi) is 10.4. The highest BCUT2D eigenvalue weighted by Gasteiger charge is 2.36. The first-order valence-electron chi connectivity index (χ1n) is 14.2. The van der Waals surface area contributed by atoms with Crippen molar-refractivity contribution in [3.05, 3.63) is 52.1 Å². The summed E-state index contributed by atoms with van der Waals surface area (Å²) in [5.74, 6) is 1.26. The van der Waals surface area contributed by atoms with Gasteiger partial charge in [0, 0.05) is 29.2 Å². The van der Waals surface area contributed by atoms with Crippen LogP contribution in [0.15, 0.2) is 29.8 Å². The second-order valence-electron chi connectivity index (χ2n) is 11.8. The van der Waals surface area contributed by atoms with Crippen molar-refractivity contribution < 1.29 is 39.1 Å². The maximum absolute atomic E-state index is 13.5. The molecule has 2 aromatic carbocycles. The fourth-order valence-electron chi connectivity index (χ4n) is 5.22. The van der Waals surface area contributed by atoms with Crippen LogP contribution in [0, 0.1) is 0 Å². The first kappa shape index (κ1) is 32.3. The number of benzene rings is 2. The van der Waals surface area contributed by atoms with Gasteiger partial charge in [-0.2, -0.15) is 0 Å². The number of methoxy groups -OCH3 is 3. The van der Waals surface area contributed by atoms with Gasteiger partial charge in [0.15, 0.2) is 17.3 Å². The summed E-state index contributed by atoms with van der Waals surface area (Å²) >= 11 is 0. The highest BCUT2D eigenvalue weighted by Crippen LogP contribution is 2.47. The van der Waals surface area contributed by atoms with Crippen LogP contribution in [0.3, 0.4) is 0 Å². The Hall–Kier alpha value is -3.23. The Morgan fingerprint density at radius 2 is 1.76 bits per heavy atom. The summed E-state index contributed by atoms with van der Waals surface area (Å²) in [5, 5.41) is 31.8. The number of allylic oxidation sites excluding steroid dienone is 2. The molecule has 226 valence electrons. The minimum Gasteiger partial charge on any atom is -0.507 e. The molecule has 3 rings (SSSR count). The van der Waals surface area contributed by atoms with Crippen LogP contribution >= 0.6 is 0 Å². The summed E-state index contributed by atoms with van der Waals surface area (Å²) in [6.45, 7) is 9.23. The third-order valence-corrected chi connectivity index (χ3v) is 7.83. The molecule has 1 aliphatic heterocycles. The second-order valence-corrected chi connectivity index (χ2v) is 11.8. The van der Waals surface area contributed by atoms with Gasteiger partial charge in [0.2, 0.25) is 0 Å². The molecule has 0 bridgehead atoms. The lowest BCUT2D eigenvalue weighted by atomic mass is 9.87. The van der Waals surface area contributed by atoms with Gasteiger partial charge in [0.05, 0.1) is 39.0 Å². The van der Waals surface area contributed by atoms with Gasteiger partial charge in [-0.3, -0.25) is 4.79 Å². The average Bonchev–Trinajstić information content (AvgIpc) is 2.91. The number of fused-ring (bicyclic) bond motifs is 1. The smallest absolute Gasteiger partial charge is 0.174 e. The Balaban J connectivity index is 2.00. The molecule has 8 heteroatoms. The molecule has 0 fully saturated rings. The van der Waals surface area contributed by atoms with Gasteiger partial charge in [-0.05, 0) is 65.9 Å². The number of carbonyl (C=O) groups excluding carboxylic acids is 1. The molecule has 8 nitrogen and oxygen atoms in total. The number of aliphatic hydroxyl groups is 2. The van der Waals surface area contributed by atoms with Crippen LogP contribution in [0.5, 0.6) is 28.7 Å². The number of ether oxygens (including phenoxy) is 4. The van der Waals surface area contributed by atoms with Crippen molar-refractivity contribution in [1.82, 2.24) is 0 Å². The molecule has 0 spiro atoms. The summed E-state index contributed by atoms with van der Waals surface area (Å²) in [6, 6.07) is 5.31. The highest BCUT2D eigenvalue weighted by molar-refractivity contribution is 6.03. The van der Waals surface area contributed by atoms with E-state index in [-0.39, 0.29) is 35.7 Å². The molecule has 41 heavy (non-hydrogen) atoms. The van der Waals surface area contributed by atoms with E-state index in [0.29, 0.717) is 42.1 Å². The zero-order chi connectivity index (χ0) is 30.5. The summed E-state index contributed by atoms with van der Waals surface area (Å²) in [5.41, 5.74) is 1.53. The summed E-state index contributed by atoms with van der Waals surface area (Å²) in [4.78, 5) is 13.5. The zero-order valence-electron chi connectivity index (χ0n) is 25.7.